The largest absolute Gasteiger partial charge is 1.00 e. The first-order valence-corrected chi connectivity index (χ1v) is 20.6. The fourth-order valence-corrected chi connectivity index (χ4v) is 24.8. The van der Waals surface area contributed by atoms with E-state index in [2.05, 4.69) is 98.1 Å². The third kappa shape index (κ3) is 3.60. The van der Waals surface area contributed by atoms with Crippen LogP contribution < -0.4 is 12.4 Å². The minimum atomic E-state index is -1.84. The van der Waals surface area contributed by atoms with Crippen LogP contribution in [-0.4, -0.2) is 5.43 Å². The molecule has 3 aromatic rings. The van der Waals surface area contributed by atoms with E-state index in [1.54, 1.807) is 33.4 Å². The molecule has 0 radical (unpaired) electrons. The van der Waals surface area contributed by atoms with Gasteiger partial charge in [-0.15, -0.1) is 0 Å². The topological polar surface area (TPSA) is 0 Å². The molecular formula is C29H28ClSiZr. The molecule has 32 heavy (non-hydrogen) atoms. The fraction of sp³-hybridized carbons (Fsp3) is 0.241. The molecule has 6 rings (SSSR count). The number of aryl methyl sites for hydroxylation is 1. The van der Waals surface area contributed by atoms with E-state index in [9.17, 15) is 0 Å². The summed E-state index contributed by atoms with van der Waals surface area (Å²) in [7, 11) is 0. The van der Waals surface area contributed by atoms with Crippen molar-refractivity contribution in [2.45, 2.75) is 39.6 Å². The van der Waals surface area contributed by atoms with Crippen LogP contribution in [0.2, 0.25) is 13.1 Å². The Morgan fingerprint density at radius 1 is 0.812 bits per heavy atom. The quantitative estimate of drug-likeness (QED) is 0.436. The van der Waals surface area contributed by atoms with E-state index in [0.29, 0.717) is 0 Å². The van der Waals surface area contributed by atoms with Crippen molar-refractivity contribution < 1.29 is 32.8 Å². The van der Waals surface area contributed by atoms with Gasteiger partial charge in [0.1, 0.15) is 0 Å². The van der Waals surface area contributed by atoms with Crippen molar-refractivity contribution in [2.24, 2.45) is 0 Å². The number of halogens is 1. The van der Waals surface area contributed by atoms with Crippen LogP contribution in [0, 0.1) is 0 Å². The van der Waals surface area contributed by atoms with Gasteiger partial charge in [-0.25, -0.2) is 0 Å². The predicted octanol–water partition coefficient (Wildman–Crippen LogP) is 4.55. The fourth-order valence-electron chi connectivity index (χ4n) is 6.06. The summed E-state index contributed by atoms with van der Waals surface area (Å²) in [4.78, 5) is 0. The Morgan fingerprint density at radius 3 is 2.34 bits per heavy atom. The zero-order chi connectivity index (χ0) is 20.9. The monoisotopic (exact) mass is 529 g/mol. The number of fused-ring (bicyclic) bond motifs is 3. The van der Waals surface area contributed by atoms with Crippen molar-refractivity contribution in [2.75, 3.05) is 0 Å². The molecule has 0 spiro atoms. The molecule has 3 aromatic carbocycles. The van der Waals surface area contributed by atoms with Crippen molar-refractivity contribution in [1.82, 2.24) is 0 Å². The Bertz CT molecular complexity index is 1280. The van der Waals surface area contributed by atoms with E-state index >= 15 is 0 Å². The molecule has 0 heterocycles. The van der Waals surface area contributed by atoms with Crippen molar-refractivity contribution in [3.63, 3.8) is 0 Å². The van der Waals surface area contributed by atoms with Crippen molar-refractivity contribution in [3.8, 4) is 11.1 Å². The van der Waals surface area contributed by atoms with Crippen molar-refractivity contribution >= 4 is 17.6 Å². The number of allylic oxidation sites excluding steroid dienone is 2. The molecule has 0 amide bonds. The standard InChI is InChI=1S/C18H15.C9H7.C2H6Si.ClH.Zr/c1-2-6-13(7-3-1)18-16-10-4-8-14(16)12-15-9-5-11-17(15)18;1-2-5-9-7-3-6-8(9)4-1;1-3-2;;/h1-4,6-8,10,12H,5,9,11H2;1-7H;1-2H3;1H;/q;;;;+1/p-1. The van der Waals surface area contributed by atoms with Gasteiger partial charge >= 0.3 is 195 Å². The summed E-state index contributed by atoms with van der Waals surface area (Å²) in [5, 5.41) is 0. The number of hydrogen-bond acceptors (Lipinski definition) is 0. The smallest absolute Gasteiger partial charge is 1.00 e. The molecule has 0 nitrogen and oxygen atoms in total. The maximum Gasteiger partial charge on any atom is -1.00 e. The Morgan fingerprint density at radius 2 is 1.53 bits per heavy atom. The summed E-state index contributed by atoms with van der Waals surface area (Å²) in [5.41, 5.74) is 12.2. The summed E-state index contributed by atoms with van der Waals surface area (Å²) in [6, 6.07) is 23.0. The van der Waals surface area contributed by atoms with Gasteiger partial charge in [0.15, 0.2) is 0 Å². The second-order valence-electron chi connectivity index (χ2n) is 9.37. The maximum atomic E-state index is 2.64. The second kappa shape index (κ2) is 9.05. The number of hydrogen-bond donors (Lipinski definition) is 0. The minimum absolute atomic E-state index is 0. The average Bonchev–Trinajstić information content (AvgIpc) is 3.52. The first-order chi connectivity index (χ1) is 15.2. The molecule has 0 aromatic heterocycles. The van der Waals surface area contributed by atoms with Gasteiger partial charge in [-0.1, -0.05) is 0 Å². The van der Waals surface area contributed by atoms with Crippen LogP contribution in [0.1, 0.15) is 47.1 Å². The van der Waals surface area contributed by atoms with E-state index in [0.717, 1.165) is 7.25 Å². The first-order valence-electron chi connectivity index (χ1n) is 11.6. The van der Waals surface area contributed by atoms with Crippen LogP contribution in [0.4, 0.5) is 0 Å². The molecule has 0 aliphatic heterocycles. The normalized spacial score (nSPS) is 19.3. The van der Waals surface area contributed by atoms with Gasteiger partial charge in [0, 0.05) is 0 Å². The molecule has 3 heteroatoms. The van der Waals surface area contributed by atoms with Gasteiger partial charge in [-0.05, 0) is 0 Å². The van der Waals surface area contributed by atoms with Gasteiger partial charge in [-0.3, -0.25) is 0 Å². The predicted molar refractivity (Wildman–Crippen MR) is 131 cm³/mol. The molecular weight excluding hydrogens is 503 g/mol. The number of benzene rings is 3. The third-order valence-corrected chi connectivity index (χ3v) is 26.5. The summed E-state index contributed by atoms with van der Waals surface area (Å²) >= 11 is -1.84. The Balaban J connectivity index is 0.00000216. The van der Waals surface area contributed by atoms with Gasteiger partial charge in [0.25, 0.3) is 0 Å². The SMILES string of the molecule is C[Si](C)=[Zr+]([CH]1C=Cc2ccccc21)[CH]1C=Cc2c1cc1c(c2-c2ccccc2)CCC1.[Cl-]. The van der Waals surface area contributed by atoms with Crippen LogP contribution in [-0.2, 0) is 33.2 Å². The van der Waals surface area contributed by atoms with Crippen LogP contribution in [0.3, 0.4) is 0 Å². The zero-order valence-corrected chi connectivity index (χ0v) is 23.0. The molecule has 0 saturated heterocycles. The van der Waals surface area contributed by atoms with Gasteiger partial charge in [0.2, 0.25) is 0 Å². The van der Waals surface area contributed by atoms with Gasteiger partial charge in [0.05, 0.1) is 0 Å². The van der Waals surface area contributed by atoms with Crippen LogP contribution in [0.25, 0.3) is 23.3 Å². The van der Waals surface area contributed by atoms with E-state index in [1.807, 2.05) is 0 Å². The van der Waals surface area contributed by atoms with E-state index in [1.165, 1.54) is 30.4 Å². The van der Waals surface area contributed by atoms with Gasteiger partial charge in [-0.2, -0.15) is 0 Å². The zero-order valence-electron chi connectivity index (χ0n) is 18.7. The molecule has 2 unspecified atom stereocenters. The second-order valence-corrected chi connectivity index (χ2v) is 27.5. The summed E-state index contributed by atoms with van der Waals surface area (Å²) in [5.74, 6) is 0. The number of rotatable bonds is 3. The molecule has 0 bridgehead atoms. The molecule has 3 aliphatic carbocycles. The molecule has 0 fully saturated rings. The molecule has 2 atom stereocenters. The Labute approximate surface area is 206 Å². The van der Waals surface area contributed by atoms with Crippen LogP contribution in [0.15, 0.2) is 72.8 Å². The van der Waals surface area contributed by atoms with Crippen LogP contribution in [0.5, 0.6) is 0 Å². The van der Waals surface area contributed by atoms with E-state index in [-0.39, 0.29) is 17.8 Å². The van der Waals surface area contributed by atoms with E-state index < -0.39 is 20.4 Å². The molecule has 3 aliphatic rings. The first kappa shape index (κ1) is 22.3. The average molecular weight is 531 g/mol. The van der Waals surface area contributed by atoms with Gasteiger partial charge < -0.3 is 12.4 Å². The van der Waals surface area contributed by atoms with E-state index in [4.69, 9.17) is 0 Å². The Hall–Kier alpha value is -1.47. The molecule has 159 valence electrons. The van der Waals surface area contributed by atoms with Crippen LogP contribution >= 0.6 is 0 Å². The minimum Gasteiger partial charge on any atom is -1.00 e. The van der Waals surface area contributed by atoms with Crippen molar-refractivity contribution in [3.05, 3.63) is 106 Å². The molecule has 0 saturated carbocycles. The Kier molecular flexibility index (Phi) is 6.32. The third-order valence-electron chi connectivity index (χ3n) is 7.37. The maximum absolute atomic E-state index is 2.64. The summed E-state index contributed by atoms with van der Waals surface area (Å²) in [6.45, 7) is 5.21. The molecule has 0 N–H and O–H groups in total. The summed E-state index contributed by atoms with van der Waals surface area (Å²) < 4.78 is 1.45. The van der Waals surface area contributed by atoms with Crippen molar-refractivity contribution in [1.29, 1.82) is 0 Å². The summed E-state index contributed by atoms with van der Waals surface area (Å²) in [6.07, 6.45) is 13.9.